The third-order valence-electron chi connectivity index (χ3n) is 4.31. The molecule has 1 aliphatic rings. The van der Waals surface area contributed by atoms with E-state index in [-0.39, 0.29) is 29.3 Å². The van der Waals surface area contributed by atoms with E-state index in [1.807, 2.05) is 0 Å². The van der Waals surface area contributed by atoms with Crippen LogP contribution in [0.15, 0.2) is 58.5 Å². The van der Waals surface area contributed by atoms with Gasteiger partial charge in [-0.3, -0.25) is 4.79 Å². The normalized spacial score (nSPS) is 16.0. The lowest BCUT2D eigenvalue weighted by atomic mass is 10.1. The van der Waals surface area contributed by atoms with E-state index in [4.69, 9.17) is 4.74 Å². The number of carbonyl (C=O) groups is 1. The predicted molar refractivity (Wildman–Crippen MR) is 104 cm³/mol. The van der Waals surface area contributed by atoms with Gasteiger partial charge in [-0.25, -0.2) is 13.8 Å². The van der Waals surface area contributed by atoms with E-state index in [0.717, 1.165) is 5.56 Å². The topological polar surface area (TPSA) is 108 Å². The lowest BCUT2D eigenvalue weighted by Crippen LogP contribution is -2.40. The molecule has 2 aromatic rings. The number of hydrogen-bond acceptors (Lipinski definition) is 6. The molecule has 0 unspecified atom stereocenters. The lowest BCUT2D eigenvalue weighted by Gasteiger charge is -2.26. The minimum Gasteiger partial charge on any atom is -0.508 e. The average Bonchev–Trinajstić information content (AvgIpc) is 2.73. The number of phenols is 1. The number of hydrogen-bond donors (Lipinski definition) is 2. The Balaban J connectivity index is 1.75. The van der Waals surface area contributed by atoms with E-state index in [9.17, 15) is 18.3 Å². The summed E-state index contributed by atoms with van der Waals surface area (Å²) in [6.07, 6.45) is 0. The van der Waals surface area contributed by atoms with Crippen molar-refractivity contribution in [3.8, 4) is 5.75 Å². The average molecular weight is 403 g/mol. The summed E-state index contributed by atoms with van der Waals surface area (Å²) >= 11 is 0. The highest BCUT2D eigenvalue weighted by atomic mass is 32.2. The van der Waals surface area contributed by atoms with Crippen LogP contribution in [0.3, 0.4) is 0 Å². The van der Waals surface area contributed by atoms with Crippen LogP contribution in [0, 0.1) is 0 Å². The maximum atomic E-state index is 12.7. The zero-order valence-electron chi connectivity index (χ0n) is 15.3. The second kappa shape index (κ2) is 8.51. The number of aromatic hydroxyl groups is 1. The second-order valence-electron chi connectivity index (χ2n) is 6.23. The molecule has 1 amide bonds. The Kier molecular flexibility index (Phi) is 6.08. The molecule has 0 saturated carbocycles. The summed E-state index contributed by atoms with van der Waals surface area (Å²) in [5, 5.41) is 13.4. The molecule has 1 heterocycles. The van der Waals surface area contributed by atoms with Gasteiger partial charge in [-0.05, 0) is 55.0 Å². The van der Waals surface area contributed by atoms with Crippen LogP contribution in [0.5, 0.6) is 5.75 Å². The number of ether oxygens (including phenoxy) is 1. The van der Waals surface area contributed by atoms with Crippen LogP contribution >= 0.6 is 0 Å². The molecule has 28 heavy (non-hydrogen) atoms. The van der Waals surface area contributed by atoms with E-state index in [0.29, 0.717) is 18.9 Å². The van der Waals surface area contributed by atoms with Crippen molar-refractivity contribution < 1.29 is 23.1 Å². The monoisotopic (exact) mass is 403 g/mol. The van der Waals surface area contributed by atoms with E-state index in [1.54, 1.807) is 19.1 Å². The Bertz CT molecular complexity index is 981. The molecule has 0 atom stereocenters. The van der Waals surface area contributed by atoms with E-state index >= 15 is 0 Å². The number of sulfonamides is 1. The molecule has 0 aromatic heterocycles. The fraction of sp³-hybridized carbons (Fsp3) is 0.263. The Morgan fingerprint density at radius 2 is 1.79 bits per heavy atom. The molecule has 0 bridgehead atoms. The van der Waals surface area contributed by atoms with E-state index in [1.165, 1.54) is 40.7 Å². The van der Waals surface area contributed by atoms with E-state index in [2.05, 4.69) is 10.5 Å². The number of rotatable bonds is 5. The number of nitrogens with one attached hydrogen (secondary N) is 1. The van der Waals surface area contributed by atoms with Gasteiger partial charge in [0.15, 0.2) is 0 Å². The smallest absolute Gasteiger partial charge is 0.271 e. The maximum absolute atomic E-state index is 12.7. The highest BCUT2D eigenvalue weighted by Crippen LogP contribution is 2.18. The van der Waals surface area contributed by atoms with Gasteiger partial charge < -0.3 is 9.84 Å². The van der Waals surface area contributed by atoms with Crippen molar-refractivity contribution >= 4 is 21.6 Å². The molecule has 1 aliphatic heterocycles. The summed E-state index contributed by atoms with van der Waals surface area (Å²) in [6.45, 7) is 2.99. The number of morpholine rings is 1. The Morgan fingerprint density at radius 1 is 1.11 bits per heavy atom. The van der Waals surface area contributed by atoms with Gasteiger partial charge in [0.2, 0.25) is 10.0 Å². The molecule has 2 aromatic carbocycles. The van der Waals surface area contributed by atoms with E-state index < -0.39 is 15.9 Å². The van der Waals surface area contributed by atoms with Crippen LogP contribution in [0.2, 0.25) is 0 Å². The first-order chi connectivity index (χ1) is 13.4. The van der Waals surface area contributed by atoms with Crippen LogP contribution < -0.4 is 5.43 Å². The van der Waals surface area contributed by atoms with Crippen molar-refractivity contribution in [1.82, 2.24) is 9.73 Å². The summed E-state index contributed by atoms with van der Waals surface area (Å²) in [5.41, 5.74) is 3.90. The summed E-state index contributed by atoms with van der Waals surface area (Å²) in [5.74, 6) is -0.379. The van der Waals surface area contributed by atoms with Crippen LogP contribution in [0.25, 0.3) is 0 Å². The van der Waals surface area contributed by atoms with Crippen molar-refractivity contribution in [2.75, 3.05) is 26.3 Å². The summed E-state index contributed by atoms with van der Waals surface area (Å²) in [6, 6.07) is 12.3. The van der Waals surface area contributed by atoms with Crippen LogP contribution in [0.1, 0.15) is 22.8 Å². The van der Waals surface area contributed by atoms with Gasteiger partial charge in [0, 0.05) is 18.7 Å². The van der Waals surface area contributed by atoms with Gasteiger partial charge >= 0.3 is 0 Å². The van der Waals surface area contributed by atoms with Crippen molar-refractivity contribution in [3.05, 3.63) is 59.7 Å². The van der Waals surface area contributed by atoms with Gasteiger partial charge in [0.05, 0.1) is 23.8 Å². The quantitative estimate of drug-likeness (QED) is 0.582. The molecule has 9 heteroatoms. The molecular formula is C19H21N3O5S. The summed E-state index contributed by atoms with van der Waals surface area (Å²) in [4.78, 5) is 12.5. The molecule has 3 rings (SSSR count). The molecule has 0 radical (unpaired) electrons. The number of benzene rings is 2. The third-order valence-corrected chi connectivity index (χ3v) is 6.21. The Morgan fingerprint density at radius 3 is 2.46 bits per heavy atom. The van der Waals surface area contributed by atoms with Crippen molar-refractivity contribution in [2.24, 2.45) is 5.10 Å². The first-order valence-electron chi connectivity index (χ1n) is 8.70. The molecule has 2 N–H and O–H groups in total. The third kappa shape index (κ3) is 4.56. The minimum absolute atomic E-state index is 0.0567. The van der Waals surface area contributed by atoms with Gasteiger partial charge in [-0.2, -0.15) is 9.41 Å². The number of hydrazone groups is 1. The van der Waals surface area contributed by atoms with Crippen LogP contribution in [0.4, 0.5) is 0 Å². The van der Waals surface area contributed by atoms with Gasteiger partial charge in [0.1, 0.15) is 5.75 Å². The number of nitrogens with zero attached hydrogens (tertiary/aromatic N) is 2. The highest BCUT2D eigenvalue weighted by Gasteiger charge is 2.26. The second-order valence-corrected chi connectivity index (χ2v) is 8.17. The lowest BCUT2D eigenvalue weighted by molar-refractivity contribution is 0.0730. The standard InChI is InChI=1S/C19H21N3O5S/c1-14(15-5-7-17(23)8-6-15)20-21-19(24)16-3-2-4-18(13-16)28(25,26)22-9-11-27-12-10-22/h2-8,13,23H,9-12H2,1H3,(H,21,24)/b20-14-. The fourth-order valence-corrected chi connectivity index (χ4v) is 4.15. The molecule has 0 aliphatic carbocycles. The SMILES string of the molecule is C/C(=N/NC(=O)c1cccc(S(=O)(=O)N2CCOCC2)c1)c1ccc(O)cc1. The number of phenolic OH excluding ortho intramolecular Hbond substituents is 1. The molecule has 8 nitrogen and oxygen atoms in total. The maximum Gasteiger partial charge on any atom is 0.271 e. The number of carbonyl (C=O) groups excluding carboxylic acids is 1. The largest absolute Gasteiger partial charge is 0.508 e. The Labute approximate surface area is 163 Å². The van der Waals surface area contributed by atoms with Gasteiger partial charge in [-0.1, -0.05) is 6.07 Å². The zero-order chi connectivity index (χ0) is 20.1. The Hall–Kier alpha value is -2.75. The predicted octanol–water partition coefficient (Wildman–Crippen LogP) is 1.57. The molecule has 0 spiro atoms. The molecular weight excluding hydrogens is 382 g/mol. The van der Waals surface area contributed by atoms with Crippen molar-refractivity contribution in [1.29, 1.82) is 0 Å². The van der Waals surface area contributed by atoms with Crippen LogP contribution in [-0.4, -0.2) is 55.8 Å². The van der Waals surface area contributed by atoms with Gasteiger partial charge in [0.25, 0.3) is 5.91 Å². The first-order valence-corrected chi connectivity index (χ1v) is 10.1. The highest BCUT2D eigenvalue weighted by molar-refractivity contribution is 7.89. The molecule has 148 valence electrons. The fourth-order valence-electron chi connectivity index (χ4n) is 2.70. The first kappa shape index (κ1) is 20.0. The van der Waals surface area contributed by atoms with Crippen molar-refractivity contribution in [3.63, 3.8) is 0 Å². The summed E-state index contributed by atoms with van der Waals surface area (Å²) in [7, 11) is -3.68. The van der Waals surface area contributed by atoms with Crippen molar-refractivity contribution in [2.45, 2.75) is 11.8 Å². The van der Waals surface area contributed by atoms with Gasteiger partial charge in [-0.15, -0.1) is 0 Å². The molecule has 1 saturated heterocycles. The zero-order valence-corrected chi connectivity index (χ0v) is 16.1. The van der Waals surface area contributed by atoms with Crippen LogP contribution in [-0.2, 0) is 14.8 Å². The number of amides is 1. The molecule has 1 fully saturated rings. The summed E-state index contributed by atoms with van der Waals surface area (Å²) < 4.78 is 32.0. The minimum atomic E-state index is -3.68.